The fourth-order valence-corrected chi connectivity index (χ4v) is 1.45. The molecule has 0 spiro atoms. The van der Waals surface area contributed by atoms with Crippen molar-refractivity contribution in [2.45, 2.75) is 13.1 Å². The number of hydrogen-bond acceptors (Lipinski definition) is 3. The Morgan fingerprint density at radius 3 is 2.53 bits per heavy atom. The second kappa shape index (κ2) is 4.83. The molecule has 0 fully saturated rings. The van der Waals surface area contributed by atoms with E-state index in [-0.39, 0.29) is 12.2 Å². The van der Waals surface area contributed by atoms with Gasteiger partial charge in [-0.05, 0) is 19.1 Å². The monoisotopic (exact) mass is 267 g/mol. The van der Waals surface area contributed by atoms with Gasteiger partial charge in [-0.3, -0.25) is 0 Å². The van der Waals surface area contributed by atoms with E-state index in [4.69, 9.17) is 17.3 Å². The second-order valence-electron chi connectivity index (χ2n) is 3.11. The predicted molar refractivity (Wildman–Crippen MR) is 56.8 cm³/mol. The van der Waals surface area contributed by atoms with Gasteiger partial charge >= 0.3 is 12.1 Å². The average Bonchev–Trinajstić information content (AvgIpc) is 2.20. The molecule has 0 aliphatic carbocycles. The van der Waals surface area contributed by atoms with Crippen molar-refractivity contribution in [2.75, 3.05) is 12.3 Å². The minimum absolute atomic E-state index is 0.0933. The van der Waals surface area contributed by atoms with Crippen molar-refractivity contribution in [3.63, 3.8) is 0 Å². The van der Waals surface area contributed by atoms with Crippen LogP contribution >= 0.6 is 11.6 Å². The first-order valence-electron chi connectivity index (χ1n) is 4.61. The van der Waals surface area contributed by atoms with Crippen LogP contribution < -0.4 is 5.73 Å². The van der Waals surface area contributed by atoms with E-state index in [9.17, 15) is 18.0 Å². The molecule has 0 radical (unpaired) electrons. The van der Waals surface area contributed by atoms with E-state index in [2.05, 4.69) is 4.74 Å². The van der Waals surface area contributed by atoms with Gasteiger partial charge in [0.25, 0.3) is 0 Å². The van der Waals surface area contributed by atoms with Crippen LogP contribution in [0.25, 0.3) is 0 Å². The maximum absolute atomic E-state index is 12.5. The summed E-state index contributed by atoms with van der Waals surface area (Å²) in [5.41, 5.74) is 3.31. The number of ether oxygens (including phenoxy) is 1. The molecule has 0 bridgehead atoms. The molecule has 1 rings (SSSR count). The van der Waals surface area contributed by atoms with Crippen LogP contribution in [0, 0.1) is 0 Å². The van der Waals surface area contributed by atoms with Crippen LogP contribution in [-0.2, 0) is 10.9 Å². The van der Waals surface area contributed by atoms with Crippen molar-refractivity contribution in [3.8, 4) is 0 Å². The van der Waals surface area contributed by atoms with Crippen LogP contribution in [-0.4, -0.2) is 12.6 Å². The van der Waals surface area contributed by atoms with Gasteiger partial charge in [-0.1, -0.05) is 11.6 Å². The zero-order valence-corrected chi connectivity index (χ0v) is 9.52. The SMILES string of the molecule is CCOC(=O)c1ccc(C(F)(F)F)c(N)c1Cl. The van der Waals surface area contributed by atoms with Gasteiger partial charge < -0.3 is 10.5 Å². The first-order chi connectivity index (χ1) is 7.79. The molecule has 0 aliphatic rings. The van der Waals surface area contributed by atoms with Crippen molar-refractivity contribution < 1.29 is 22.7 Å². The molecule has 0 aliphatic heterocycles. The van der Waals surface area contributed by atoms with Crippen LogP contribution in [0.2, 0.25) is 5.02 Å². The third-order valence-electron chi connectivity index (χ3n) is 1.98. The molecule has 0 heterocycles. The number of anilines is 1. The molecule has 94 valence electrons. The van der Waals surface area contributed by atoms with Gasteiger partial charge in [-0.2, -0.15) is 13.2 Å². The standard InChI is InChI=1S/C10H9ClF3NO2/c1-2-17-9(16)5-3-4-6(10(12,13)14)8(15)7(5)11/h3-4H,2,15H2,1H3. The number of nitrogen functional groups attached to an aromatic ring is 1. The van der Waals surface area contributed by atoms with Crippen molar-refractivity contribution in [3.05, 3.63) is 28.3 Å². The first-order valence-corrected chi connectivity index (χ1v) is 4.99. The Bertz CT molecular complexity index is 446. The highest BCUT2D eigenvalue weighted by atomic mass is 35.5. The normalized spacial score (nSPS) is 11.4. The summed E-state index contributed by atoms with van der Waals surface area (Å²) in [4.78, 5) is 11.3. The van der Waals surface area contributed by atoms with Crippen molar-refractivity contribution in [1.29, 1.82) is 0 Å². The maximum atomic E-state index is 12.5. The minimum Gasteiger partial charge on any atom is -0.462 e. The molecule has 1 aromatic carbocycles. The Hall–Kier alpha value is -1.43. The Labute approximate surface area is 100 Å². The third kappa shape index (κ3) is 2.82. The highest BCUT2D eigenvalue weighted by Gasteiger charge is 2.34. The quantitative estimate of drug-likeness (QED) is 0.662. The van der Waals surface area contributed by atoms with Gasteiger partial charge in [0, 0.05) is 0 Å². The van der Waals surface area contributed by atoms with Crippen LogP contribution in [0.4, 0.5) is 18.9 Å². The zero-order chi connectivity index (χ0) is 13.2. The van der Waals surface area contributed by atoms with E-state index >= 15 is 0 Å². The molecule has 2 N–H and O–H groups in total. The summed E-state index contributed by atoms with van der Waals surface area (Å²) >= 11 is 5.61. The molecular weight excluding hydrogens is 259 g/mol. The molecule has 0 unspecified atom stereocenters. The zero-order valence-electron chi connectivity index (χ0n) is 8.77. The Kier molecular flexibility index (Phi) is 3.87. The number of esters is 1. The second-order valence-corrected chi connectivity index (χ2v) is 3.48. The largest absolute Gasteiger partial charge is 0.462 e. The van der Waals surface area contributed by atoms with E-state index in [1.807, 2.05) is 0 Å². The lowest BCUT2D eigenvalue weighted by Gasteiger charge is -2.13. The van der Waals surface area contributed by atoms with Gasteiger partial charge in [0.15, 0.2) is 0 Å². The number of nitrogens with two attached hydrogens (primary N) is 1. The predicted octanol–water partition coefficient (Wildman–Crippen LogP) is 3.12. The summed E-state index contributed by atoms with van der Waals surface area (Å²) < 4.78 is 42.0. The molecule has 3 nitrogen and oxygen atoms in total. The van der Waals surface area contributed by atoms with E-state index in [0.717, 1.165) is 6.07 Å². The molecule has 0 saturated carbocycles. The number of alkyl halides is 3. The van der Waals surface area contributed by atoms with Crippen LogP contribution in [0.15, 0.2) is 12.1 Å². The number of carbonyl (C=O) groups is 1. The topological polar surface area (TPSA) is 52.3 Å². The Morgan fingerprint density at radius 1 is 1.47 bits per heavy atom. The van der Waals surface area contributed by atoms with Gasteiger partial charge in [0.2, 0.25) is 0 Å². The fourth-order valence-electron chi connectivity index (χ4n) is 1.21. The van der Waals surface area contributed by atoms with Gasteiger partial charge in [0.05, 0.1) is 28.4 Å². The summed E-state index contributed by atoms with van der Waals surface area (Å²) in [5, 5.41) is -0.446. The molecule has 1 aromatic rings. The van der Waals surface area contributed by atoms with Gasteiger partial charge in [0.1, 0.15) is 0 Å². The van der Waals surface area contributed by atoms with Crippen molar-refractivity contribution >= 4 is 23.3 Å². The molecule has 0 saturated heterocycles. The summed E-state index contributed by atoms with van der Waals surface area (Å²) in [6, 6.07) is 1.65. The Balaban J connectivity index is 3.25. The van der Waals surface area contributed by atoms with E-state index < -0.39 is 28.4 Å². The summed E-state index contributed by atoms with van der Waals surface area (Å²) in [6.07, 6.45) is -4.61. The molecule has 7 heteroatoms. The lowest BCUT2D eigenvalue weighted by molar-refractivity contribution is -0.136. The number of halogens is 4. The summed E-state index contributed by atoms with van der Waals surface area (Å²) in [7, 11) is 0. The van der Waals surface area contributed by atoms with E-state index in [1.54, 1.807) is 6.92 Å². The number of carbonyl (C=O) groups excluding carboxylic acids is 1. The average molecular weight is 268 g/mol. The van der Waals surface area contributed by atoms with Gasteiger partial charge in [-0.15, -0.1) is 0 Å². The lowest BCUT2D eigenvalue weighted by Crippen LogP contribution is -2.12. The highest BCUT2D eigenvalue weighted by molar-refractivity contribution is 6.36. The van der Waals surface area contributed by atoms with E-state index in [0.29, 0.717) is 6.07 Å². The molecule has 0 atom stereocenters. The first kappa shape index (κ1) is 13.6. The van der Waals surface area contributed by atoms with Crippen LogP contribution in [0.1, 0.15) is 22.8 Å². The minimum atomic E-state index is -4.61. The van der Waals surface area contributed by atoms with Crippen molar-refractivity contribution in [2.24, 2.45) is 0 Å². The number of benzene rings is 1. The number of rotatable bonds is 2. The molecule has 17 heavy (non-hydrogen) atoms. The van der Waals surface area contributed by atoms with E-state index in [1.165, 1.54) is 0 Å². The summed E-state index contributed by atoms with van der Waals surface area (Å²) in [5.74, 6) is -0.807. The molecule has 0 aromatic heterocycles. The lowest BCUT2D eigenvalue weighted by atomic mass is 10.1. The van der Waals surface area contributed by atoms with Gasteiger partial charge in [-0.25, -0.2) is 4.79 Å². The third-order valence-corrected chi connectivity index (χ3v) is 2.39. The fraction of sp³-hybridized carbons (Fsp3) is 0.300. The van der Waals surface area contributed by atoms with Crippen LogP contribution in [0.3, 0.4) is 0 Å². The summed E-state index contributed by atoms with van der Waals surface area (Å²) in [6.45, 7) is 1.66. The van der Waals surface area contributed by atoms with Crippen molar-refractivity contribution in [1.82, 2.24) is 0 Å². The smallest absolute Gasteiger partial charge is 0.418 e. The number of hydrogen-bond donors (Lipinski definition) is 1. The molecule has 0 amide bonds. The Morgan fingerprint density at radius 2 is 2.06 bits per heavy atom. The maximum Gasteiger partial charge on any atom is 0.418 e. The highest BCUT2D eigenvalue weighted by Crippen LogP contribution is 2.38. The molecular formula is C10H9ClF3NO2. The van der Waals surface area contributed by atoms with Crippen LogP contribution in [0.5, 0.6) is 0 Å².